The lowest BCUT2D eigenvalue weighted by Crippen LogP contribution is -2.06. The predicted octanol–water partition coefficient (Wildman–Crippen LogP) is 4.27. The van der Waals surface area contributed by atoms with Crippen molar-refractivity contribution in [1.29, 1.82) is 5.26 Å². The molecule has 1 N–H and O–H groups in total. The largest absolute Gasteiger partial charge is 0.491 e. The first-order chi connectivity index (χ1) is 10.1. The first kappa shape index (κ1) is 14.9. The number of aryl methyl sites for hydroxylation is 1. The molecule has 0 aliphatic carbocycles. The van der Waals surface area contributed by atoms with Crippen molar-refractivity contribution in [3.05, 3.63) is 59.2 Å². The summed E-state index contributed by atoms with van der Waals surface area (Å²) in [5.41, 5.74) is 3.72. The van der Waals surface area contributed by atoms with Gasteiger partial charge in [-0.15, -0.1) is 0 Å². The normalized spacial score (nSPS) is 10.2. The zero-order chi connectivity index (χ0) is 15.2. The first-order valence-electron chi connectivity index (χ1n) is 7.09. The molecule has 0 unspecified atom stereocenters. The molecule has 21 heavy (non-hydrogen) atoms. The number of benzene rings is 2. The van der Waals surface area contributed by atoms with Crippen molar-refractivity contribution in [1.82, 2.24) is 0 Å². The van der Waals surface area contributed by atoms with Crippen molar-refractivity contribution >= 4 is 5.69 Å². The van der Waals surface area contributed by atoms with Gasteiger partial charge < -0.3 is 10.1 Å². The van der Waals surface area contributed by atoms with Crippen molar-refractivity contribution in [3.63, 3.8) is 0 Å². The van der Waals surface area contributed by atoms with E-state index in [0.717, 1.165) is 22.6 Å². The molecule has 0 aliphatic rings. The van der Waals surface area contributed by atoms with E-state index in [0.29, 0.717) is 12.1 Å². The third kappa shape index (κ3) is 4.00. The molecule has 0 amide bonds. The summed E-state index contributed by atoms with van der Waals surface area (Å²) in [5.74, 6) is 0.877. The standard InChI is InChI=1S/C18H20N2O/c1-13(2)21-16-9-7-15(8-10-16)12-20-18-6-4-5-14(3)17(18)11-19/h4-10,13,20H,12H2,1-3H3. The number of hydrogen-bond acceptors (Lipinski definition) is 3. The highest BCUT2D eigenvalue weighted by Gasteiger charge is 2.04. The number of rotatable bonds is 5. The summed E-state index contributed by atoms with van der Waals surface area (Å²) in [6.07, 6.45) is 0.180. The summed E-state index contributed by atoms with van der Waals surface area (Å²) in [7, 11) is 0. The van der Waals surface area contributed by atoms with E-state index in [2.05, 4.69) is 11.4 Å². The van der Waals surface area contributed by atoms with Crippen LogP contribution in [0.5, 0.6) is 5.75 Å². The van der Waals surface area contributed by atoms with Gasteiger partial charge in [-0.1, -0.05) is 24.3 Å². The molecule has 2 aromatic carbocycles. The van der Waals surface area contributed by atoms with E-state index >= 15 is 0 Å². The summed E-state index contributed by atoms with van der Waals surface area (Å²) in [6.45, 7) is 6.65. The quantitative estimate of drug-likeness (QED) is 0.889. The van der Waals surface area contributed by atoms with Crippen LogP contribution < -0.4 is 10.1 Å². The Morgan fingerprint density at radius 2 is 1.86 bits per heavy atom. The number of nitrogens with one attached hydrogen (secondary N) is 1. The molecule has 2 rings (SSSR count). The number of hydrogen-bond donors (Lipinski definition) is 1. The third-order valence-electron chi connectivity index (χ3n) is 3.16. The molecule has 0 fully saturated rings. The fourth-order valence-corrected chi connectivity index (χ4v) is 2.12. The molecule has 0 aliphatic heterocycles. The minimum atomic E-state index is 0.180. The Morgan fingerprint density at radius 1 is 1.14 bits per heavy atom. The lowest BCUT2D eigenvalue weighted by atomic mass is 10.1. The minimum absolute atomic E-state index is 0.180. The van der Waals surface area contributed by atoms with Gasteiger partial charge in [-0.2, -0.15) is 5.26 Å². The molecule has 0 atom stereocenters. The number of ether oxygens (including phenoxy) is 1. The lowest BCUT2D eigenvalue weighted by Gasteiger charge is -2.12. The molecule has 0 aromatic heterocycles. The highest BCUT2D eigenvalue weighted by molar-refractivity contribution is 5.60. The summed E-state index contributed by atoms with van der Waals surface area (Å²) in [6, 6.07) is 16.1. The van der Waals surface area contributed by atoms with Crippen LogP contribution in [-0.4, -0.2) is 6.10 Å². The van der Waals surface area contributed by atoms with Crippen LogP contribution in [0.1, 0.15) is 30.5 Å². The minimum Gasteiger partial charge on any atom is -0.491 e. The molecule has 0 heterocycles. The van der Waals surface area contributed by atoms with Crippen LogP contribution in [-0.2, 0) is 6.54 Å². The molecule has 0 spiro atoms. The van der Waals surface area contributed by atoms with E-state index in [1.54, 1.807) is 0 Å². The van der Waals surface area contributed by atoms with Gasteiger partial charge in [-0.3, -0.25) is 0 Å². The van der Waals surface area contributed by atoms with Gasteiger partial charge in [0.25, 0.3) is 0 Å². The SMILES string of the molecule is Cc1cccc(NCc2ccc(OC(C)C)cc2)c1C#N. The van der Waals surface area contributed by atoms with Crippen molar-refractivity contribution in [2.75, 3.05) is 5.32 Å². The van der Waals surface area contributed by atoms with Gasteiger partial charge in [0.15, 0.2) is 0 Å². The number of nitrogens with zero attached hydrogens (tertiary/aromatic N) is 1. The Labute approximate surface area is 126 Å². The molecule has 108 valence electrons. The zero-order valence-electron chi connectivity index (χ0n) is 12.7. The van der Waals surface area contributed by atoms with Crippen molar-refractivity contribution in [3.8, 4) is 11.8 Å². The molecule has 0 saturated carbocycles. The predicted molar refractivity (Wildman–Crippen MR) is 85.4 cm³/mol. The van der Waals surface area contributed by atoms with E-state index in [-0.39, 0.29) is 6.10 Å². The van der Waals surface area contributed by atoms with Gasteiger partial charge in [0.2, 0.25) is 0 Å². The molecular weight excluding hydrogens is 260 g/mol. The maximum atomic E-state index is 9.21. The van der Waals surface area contributed by atoms with Crippen LogP contribution in [0.4, 0.5) is 5.69 Å². The van der Waals surface area contributed by atoms with Crippen LogP contribution in [0.3, 0.4) is 0 Å². The highest BCUT2D eigenvalue weighted by Crippen LogP contribution is 2.20. The Hall–Kier alpha value is -2.47. The van der Waals surface area contributed by atoms with Crippen molar-refractivity contribution in [2.24, 2.45) is 0 Å². The Morgan fingerprint density at radius 3 is 2.48 bits per heavy atom. The summed E-state index contributed by atoms with van der Waals surface area (Å²) in [5, 5.41) is 12.5. The summed E-state index contributed by atoms with van der Waals surface area (Å²) < 4.78 is 5.62. The van der Waals surface area contributed by atoms with E-state index in [1.807, 2.05) is 63.2 Å². The van der Waals surface area contributed by atoms with E-state index in [1.165, 1.54) is 0 Å². The monoisotopic (exact) mass is 280 g/mol. The fraction of sp³-hybridized carbons (Fsp3) is 0.278. The average Bonchev–Trinajstić information content (AvgIpc) is 2.46. The van der Waals surface area contributed by atoms with E-state index < -0.39 is 0 Å². The second-order valence-electron chi connectivity index (χ2n) is 5.27. The summed E-state index contributed by atoms with van der Waals surface area (Å²) in [4.78, 5) is 0. The fourth-order valence-electron chi connectivity index (χ4n) is 2.12. The lowest BCUT2D eigenvalue weighted by molar-refractivity contribution is 0.242. The van der Waals surface area contributed by atoms with Crippen LogP contribution in [0, 0.1) is 18.3 Å². The maximum Gasteiger partial charge on any atom is 0.119 e. The molecule has 3 heteroatoms. The smallest absolute Gasteiger partial charge is 0.119 e. The second kappa shape index (κ2) is 6.81. The Bertz CT molecular complexity index is 639. The Kier molecular flexibility index (Phi) is 4.84. The third-order valence-corrected chi connectivity index (χ3v) is 3.16. The molecule has 0 saturated heterocycles. The number of nitriles is 1. The van der Waals surface area contributed by atoms with Gasteiger partial charge >= 0.3 is 0 Å². The average molecular weight is 280 g/mol. The Balaban J connectivity index is 2.04. The van der Waals surface area contributed by atoms with E-state index in [9.17, 15) is 5.26 Å². The highest BCUT2D eigenvalue weighted by atomic mass is 16.5. The van der Waals surface area contributed by atoms with Crippen LogP contribution in [0.25, 0.3) is 0 Å². The molecule has 0 bridgehead atoms. The van der Waals surface area contributed by atoms with Gasteiger partial charge in [0.05, 0.1) is 17.4 Å². The van der Waals surface area contributed by atoms with Gasteiger partial charge in [-0.25, -0.2) is 0 Å². The van der Waals surface area contributed by atoms with Crippen LogP contribution >= 0.6 is 0 Å². The van der Waals surface area contributed by atoms with Crippen molar-refractivity contribution < 1.29 is 4.74 Å². The molecule has 2 aromatic rings. The molecule has 3 nitrogen and oxygen atoms in total. The topological polar surface area (TPSA) is 45.0 Å². The number of anilines is 1. The second-order valence-corrected chi connectivity index (χ2v) is 5.27. The van der Waals surface area contributed by atoms with Crippen LogP contribution in [0.2, 0.25) is 0 Å². The maximum absolute atomic E-state index is 9.21. The first-order valence-corrected chi connectivity index (χ1v) is 7.09. The molecule has 0 radical (unpaired) electrons. The molecular formula is C18H20N2O. The van der Waals surface area contributed by atoms with Crippen LogP contribution in [0.15, 0.2) is 42.5 Å². The van der Waals surface area contributed by atoms with Gasteiger partial charge in [-0.05, 0) is 50.1 Å². The van der Waals surface area contributed by atoms with E-state index in [4.69, 9.17) is 4.74 Å². The van der Waals surface area contributed by atoms with Crippen molar-refractivity contribution in [2.45, 2.75) is 33.4 Å². The van der Waals surface area contributed by atoms with Gasteiger partial charge in [0.1, 0.15) is 11.8 Å². The summed E-state index contributed by atoms with van der Waals surface area (Å²) >= 11 is 0. The van der Waals surface area contributed by atoms with Gasteiger partial charge in [0, 0.05) is 6.54 Å². The zero-order valence-corrected chi connectivity index (χ0v) is 12.7.